The average Bonchev–Trinajstić information content (AvgIpc) is 3.22. The molecule has 0 aliphatic heterocycles. The van der Waals surface area contributed by atoms with Crippen LogP contribution >= 0.6 is 11.3 Å². The Morgan fingerprint density at radius 2 is 1.82 bits per heavy atom. The molecule has 0 spiro atoms. The van der Waals surface area contributed by atoms with Crippen LogP contribution in [-0.2, 0) is 11.3 Å². The number of hydrogen-bond acceptors (Lipinski definition) is 9. The number of esters is 1. The first-order valence-corrected chi connectivity index (χ1v) is 8.85. The summed E-state index contributed by atoms with van der Waals surface area (Å²) in [4.78, 5) is 28.2. The highest BCUT2D eigenvalue weighted by atomic mass is 32.1. The van der Waals surface area contributed by atoms with Crippen molar-refractivity contribution in [2.75, 3.05) is 19.5 Å². The van der Waals surface area contributed by atoms with Gasteiger partial charge >= 0.3 is 5.97 Å². The summed E-state index contributed by atoms with van der Waals surface area (Å²) >= 11 is 1.04. The number of pyridine rings is 1. The highest BCUT2D eigenvalue weighted by Crippen LogP contribution is 2.18. The van der Waals surface area contributed by atoms with Crippen LogP contribution in [-0.4, -0.2) is 41.3 Å². The fourth-order valence-corrected chi connectivity index (χ4v) is 2.74. The van der Waals surface area contributed by atoms with Gasteiger partial charge in [0.1, 0.15) is 12.4 Å². The van der Waals surface area contributed by atoms with E-state index >= 15 is 0 Å². The maximum Gasteiger partial charge on any atom is 0.340 e. The predicted molar refractivity (Wildman–Crippen MR) is 101 cm³/mol. The van der Waals surface area contributed by atoms with Crippen LogP contribution in [0.25, 0.3) is 0 Å². The number of nitrogens with one attached hydrogen (secondary N) is 1. The van der Waals surface area contributed by atoms with Crippen molar-refractivity contribution < 1.29 is 23.8 Å². The Balaban J connectivity index is 1.55. The lowest BCUT2D eigenvalue weighted by molar-refractivity contribution is 0.0471. The van der Waals surface area contributed by atoms with Crippen molar-refractivity contribution in [1.82, 2.24) is 15.2 Å². The largest absolute Gasteiger partial charge is 0.497 e. The van der Waals surface area contributed by atoms with Crippen molar-refractivity contribution in [1.29, 1.82) is 0 Å². The lowest BCUT2D eigenvalue weighted by atomic mass is 10.3. The topological polar surface area (TPSA) is 113 Å². The molecule has 0 bridgehead atoms. The average molecular weight is 400 g/mol. The number of anilines is 1. The van der Waals surface area contributed by atoms with E-state index in [1.54, 1.807) is 43.5 Å². The van der Waals surface area contributed by atoms with E-state index in [9.17, 15) is 9.59 Å². The summed E-state index contributed by atoms with van der Waals surface area (Å²) in [5.74, 6) is 0.118. The van der Waals surface area contributed by atoms with E-state index in [2.05, 4.69) is 20.5 Å². The minimum absolute atomic E-state index is 0.0989. The van der Waals surface area contributed by atoms with E-state index in [-0.39, 0.29) is 17.2 Å². The van der Waals surface area contributed by atoms with Gasteiger partial charge in [0.05, 0.1) is 19.8 Å². The summed E-state index contributed by atoms with van der Waals surface area (Å²) < 4.78 is 15.2. The summed E-state index contributed by atoms with van der Waals surface area (Å²) in [5, 5.41) is 11.0. The Morgan fingerprint density at radius 1 is 1.04 bits per heavy atom. The third-order valence-electron chi connectivity index (χ3n) is 3.52. The van der Waals surface area contributed by atoms with Gasteiger partial charge < -0.3 is 19.5 Å². The third kappa shape index (κ3) is 4.80. The molecule has 1 N–H and O–H groups in total. The molecule has 0 aliphatic rings. The minimum atomic E-state index is -0.561. The Kier molecular flexibility index (Phi) is 6.12. The first-order chi connectivity index (χ1) is 13.6. The Bertz CT molecular complexity index is 957. The highest BCUT2D eigenvalue weighted by molar-refractivity contribution is 7.13. The van der Waals surface area contributed by atoms with Crippen molar-refractivity contribution in [2.24, 2.45) is 0 Å². The number of rotatable bonds is 7. The van der Waals surface area contributed by atoms with E-state index in [1.165, 1.54) is 13.3 Å². The molecule has 0 atom stereocenters. The van der Waals surface area contributed by atoms with Crippen molar-refractivity contribution in [2.45, 2.75) is 6.61 Å². The molecular formula is C18H16N4O5S. The van der Waals surface area contributed by atoms with Crippen LogP contribution in [0.15, 0.2) is 42.6 Å². The molecule has 28 heavy (non-hydrogen) atoms. The number of carbonyl (C=O) groups excluding carboxylic acids is 2. The van der Waals surface area contributed by atoms with E-state index in [0.717, 1.165) is 11.3 Å². The molecule has 3 aromatic rings. The maximum atomic E-state index is 12.2. The van der Waals surface area contributed by atoms with E-state index in [1.807, 2.05) is 0 Å². The Morgan fingerprint density at radius 3 is 2.46 bits per heavy atom. The molecule has 9 nitrogen and oxygen atoms in total. The molecule has 144 valence electrons. The van der Waals surface area contributed by atoms with Crippen molar-refractivity contribution in [3.8, 4) is 11.6 Å². The predicted octanol–water partition coefficient (Wildman–Crippen LogP) is 2.56. The fourth-order valence-electron chi connectivity index (χ4n) is 2.10. The zero-order valence-corrected chi connectivity index (χ0v) is 15.9. The molecule has 0 aliphatic carbocycles. The molecule has 0 saturated carbocycles. The maximum absolute atomic E-state index is 12.2. The summed E-state index contributed by atoms with van der Waals surface area (Å²) in [7, 11) is 3.05. The van der Waals surface area contributed by atoms with Crippen LogP contribution < -0.4 is 14.8 Å². The standard InChI is InChI=1S/C18H16N4O5S/c1-25-13-6-4-12(5-7-13)20-16(23)17-22-21-15(28-17)10-27-18(24)11-3-8-14(26-2)19-9-11/h3-9H,10H2,1-2H3,(H,20,23). The second-order valence-corrected chi connectivity index (χ2v) is 6.41. The lowest BCUT2D eigenvalue weighted by Crippen LogP contribution is -2.11. The van der Waals surface area contributed by atoms with E-state index < -0.39 is 11.9 Å². The molecule has 2 aromatic heterocycles. The number of amides is 1. The zero-order valence-electron chi connectivity index (χ0n) is 15.0. The number of nitrogens with zero attached hydrogens (tertiary/aromatic N) is 3. The van der Waals surface area contributed by atoms with E-state index in [0.29, 0.717) is 22.3 Å². The van der Waals surface area contributed by atoms with Gasteiger partial charge in [-0.2, -0.15) is 0 Å². The molecule has 0 radical (unpaired) electrons. The SMILES string of the molecule is COc1ccc(NC(=O)c2nnc(COC(=O)c3ccc(OC)nc3)s2)cc1. The van der Waals surface area contributed by atoms with Gasteiger partial charge in [-0.25, -0.2) is 9.78 Å². The summed E-state index contributed by atoms with van der Waals surface area (Å²) in [6, 6.07) is 9.99. The quantitative estimate of drug-likeness (QED) is 0.602. The van der Waals surface area contributed by atoms with Crippen LogP contribution in [0, 0.1) is 0 Å². The Labute approximate surface area is 164 Å². The number of carbonyl (C=O) groups is 2. The number of ether oxygens (including phenoxy) is 3. The van der Waals surface area contributed by atoms with Gasteiger partial charge in [0, 0.05) is 18.0 Å². The zero-order chi connectivity index (χ0) is 19.9. The van der Waals surface area contributed by atoms with Crippen LogP contribution in [0.3, 0.4) is 0 Å². The normalized spacial score (nSPS) is 10.2. The molecule has 1 amide bonds. The first-order valence-electron chi connectivity index (χ1n) is 8.04. The molecule has 3 rings (SSSR count). The van der Waals surface area contributed by atoms with Crippen molar-refractivity contribution in [3.05, 3.63) is 58.2 Å². The van der Waals surface area contributed by atoms with Gasteiger partial charge in [-0.1, -0.05) is 11.3 Å². The highest BCUT2D eigenvalue weighted by Gasteiger charge is 2.15. The molecule has 10 heteroatoms. The number of benzene rings is 1. The number of aromatic nitrogens is 3. The lowest BCUT2D eigenvalue weighted by Gasteiger charge is -2.04. The molecule has 0 saturated heterocycles. The molecule has 0 fully saturated rings. The van der Waals surface area contributed by atoms with Crippen LogP contribution in [0.1, 0.15) is 25.2 Å². The van der Waals surface area contributed by atoms with Gasteiger partial charge in [-0.05, 0) is 30.3 Å². The monoisotopic (exact) mass is 400 g/mol. The van der Waals surface area contributed by atoms with Crippen molar-refractivity contribution in [3.63, 3.8) is 0 Å². The van der Waals surface area contributed by atoms with Crippen LogP contribution in [0.2, 0.25) is 0 Å². The number of hydrogen-bond donors (Lipinski definition) is 1. The van der Waals surface area contributed by atoms with Gasteiger partial charge in [-0.15, -0.1) is 10.2 Å². The molecule has 0 unspecified atom stereocenters. The van der Waals surface area contributed by atoms with Crippen molar-refractivity contribution >= 4 is 28.9 Å². The molecule has 2 heterocycles. The van der Waals surface area contributed by atoms with Gasteiger partial charge in [-0.3, -0.25) is 4.79 Å². The molecular weight excluding hydrogens is 384 g/mol. The number of methoxy groups -OCH3 is 2. The molecule has 1 aromatic carbocycles. The summed E-state index contributed by atoms with van der Waals surface area (Å²) in [6.45, 7) is -0.0989. The minimum Gasteiger partial charge on any atom is -0.497 e. The smallest absolute Gasteiger partial charge is 0.340 e. The van der Waals surface area contributed by atoms with Crippen LogP contribution in [0.5, 0.6) is 11.6 Å². The fraction of sp³-hybridized carbons (Fsp3) is 0.167. The first kappa shape index (κ1) is 19.2. The Hall–Kier alpha value is -3.53. The third-order valence-corrected chi connectivity index (χ3v) is 4.41. The van der Waals surface area contributed by atoms with Crippen LogP contribution in [0.4, 0.5) is 5.69 Å². The second kappa shape index (κ2) is 8.91. The summed E-state index contributed by atoms with van der Waals surface area (Å²) in [5.41, 5.74) is 0.878. The van der Waals surface area contributed by atoms with Gasteiger partial charge in [0.15, 0.2) is 5.01 Å². The second-order valence-electron chi connectivity index (χ2n) is 5.35. The van der Waals surface area contributed by atoms with Gasteiger partial charge in [0.25, 0.3) is 5.91 Å². The van der Waals surface area contributed by atoms with Gasteiger partial charge in [0.2, 0.25) is 10.9 Å². The summed E-state index contributed by atoms with van der Waals surface area (Å²) in [6.07, 6.45) is 1.36. The van der Waals surface area contributed by atoms with E-state index in [4.69, 9.17) is 14.2 Å².